The summed E-state index contributed by atoms with van der Waals surface area (Å²) in [6.45, 7) is 4.35. The number of piperidine rings is 1. The summed E-state index contributed by atoms with van der Waals surface area (Å²) in [4.78, 5) is 28.3. The molecule has 0 saturated carbocycles. The van der Waals surface area contributed by atoms with Crippen LogP contribution >= 0.6 is 0 Å². The van der Waals surface area contributed by atoms with Gasteiger partial charge in [-0.1, -0.05) is 17.7 Å². The molecular formula is C28H31N9O6. The number of ether oxygens (including phenoxy) is 3. The quantitative estimate of drug-likeness (QED) is 0.113. The molecule has 15 heteroatoms. The van der Waals surface area contributed by atoms with E-state index in [0.717, 1.165) is 25.9 Å². The monoisotopic (exact) mass is 589 g/mol. The minimum Gasteiger partial charge on any atom is -0.497 e. The Balaban J connectivity index is 1.32. The SMILES string of the molecule is CCOc1cc(/C=N\NC(=O)c2c(CN3CCCCC3)nnn2-c2nonc2N)ccc1OC(=O)c1cccc(OC)c1. The number of amides is 1. The summed E-state index contributed by atoms with van der Waals surface area (Å²) in [5, 5.41) is 19.8. The number of hydrogen-bond acceptors (Lipinski definition) is 13. The van der Waals surface area contributed by atoms with Crippen molar-refractivity contribution in [3.8, 4) is 23.1 Å². The van der Waals surface area contributed by atoms with Gasteiger partial charge in [-0.25, -0.2) is 14.8 Å². The fourth-order valence-corrected chi connectivity index (χ4v) is 4.55. The molecule has 0 radical (unpaired) electrons. The molecule has 3 heterocycles. The van der Waals surface area contributed by atoms with E-state index in [2.05, 4.69) is 36.1 Å². The highest BCUT2D eigenvalue weighted by Gasteiger charge is 2.26. The fourth-order valence-electron chi connectivity index (χ4n) is 4.55. The Bertz CT molecular complexity index is 1610. The molecule has 1 amide bonds. The van der Waals surface area contributed by atoms with Gasteiger partial charge in [0.1, 0.15) is 11.4 Å². The van der Waals surface area contributed by atoms with Crippen LogP contribution in [0.5, 0.6) is 17.2 Å². The lowest BCUT2D eigenvalue weighted by Gasteiger charge is -2.25. The highest BCUT2D eigenvalue weighted by atomic mass is 16.6. The number of nitrogens with zero attached hydrogens (tertiary/aromatic N) is 7. The summed E-state index contributed by atoms with van der Waals surface area (Å²) < 4.78 is 22.3. The predicted molar refractivity (Wildman–Crippen MR) is 153 cm³/mol. The number of likely N-dealkylation sites (tertiary alicyclic amines) is 1. The molecule has 2 aromatic carbocycles. The standard InChI is InChI=1S/C28H31N9O6/c1-3-41-23-14-18(10-11-22(23)42-28(39)19-8-7-9-20(15-19)40-2)16-30-32-27(38)24-21(17-36-12-5-4-6-13-36)31-35-37(24)26-25(29)33-43-34-26/h7-11,14-16H,3-6,12-13,17H2,1-2H3,(H2,29,33)(H,32,38)/b30-16-. The molecule has 1 fully saturated rings. The Morgan fingerprint density at radius 1 is 1.12 bits per heavy atom. The number of nitrogen functional groups attached to an aromatic ring is 1. The van der Waals surface area contributed by atoms with Crippen LogP contribution in [0, 0.1) is 0 Å². The highest BCUT2D eigenvalue weighted by Crippen LogP contribution is 2.29. The Labute approximate surface area is 246 Å². The smallest absolute Gasteiger partial charge is 0.343 e. The maximum Gasteiger partial charge on any atom is 0.343 e. The van der Waals surface area contributed by atoms with Crippen molar-refractivity contribution in [2.75, 3.05) is 32.5 Å². The van der Waals surface area contributed by atoms with Crippen LogP contribution in [0.15, 0.2) is 52.2 Å². The van der Waals surface area contributed by atoms with Gasteiger partial charge in [0.25, 0.3) is 5.91 Å². The molecule has 1 saturated heterocycles. The number of carbonyl (C=O) groups excluding carboxylic acids is 2. The number of benzene rings is 2. The average molecular weight is 590 g/mol. The third-order valence-electron chi connectivity index (χ3n) is 6.63. The van der Waals surface area contributed by atoms with Gasteiger partial charge in [-0.05, 0) is 85.1 Å². The van der Waals surface area contributed by atoms with Crippen LogP contribution < -0.4 is 25.4 Å². The maximum absolute atomic E-state index is 13.4. The first-order chi connectivity index (χ1) is 21.0. The van der Waals surface area contributed by atoms with E-state index in [1.807, 2.05) is 6.92 Å². The molecule has 1 aliphatic rings. The summed E-state index contributed by atoms with van der Waals surface area (Å²) in [7, 11) is 1.52. The summed E-state index contributed by atoms with van der Waals surface area (Å²) >= 11 is 0. The van der Waals surface area contributed by atoms with Crippen LogP contribution in [-0.2, 0) is 6.54 Å². The van der Waals surface area contributed by atoms with Crippen molar-refractivity contribution in [3.63, 3.8) is 0 Å². The molecule has 15 nitrogen and oxygen atoms in total. The zero-order valence-electron chi connectivity index (χ0n) is 23.7. The summed E-state index contributed by atoms with van der Waals surface area (Å²) in [6.07, 6.45) is 4.74. The molecular weight excluding hydrogens is 558 g/mol. The summed E-state index contributed by atoms with van der Waals surface area (Å²) in [5.74, 6) is -0.0472. The van der Waals surface area contributed by atoms with E-state index in [1.54, 1.807) is 42.5 Å². The largest absolute Gasteiger partial charge is 0.497 e. The van der Waals surface area contributed by atoms with E-state index in [4.69, 9.17) is 24.6 Å². The van der Waals surface area contributed by atoms with Crippen LogP contribution in [0.4, 0.5) is 5.82 Å². The number of nitrogens with two attached hydrogens (primary N) is 1. The minimum atomic E-state index is -0.579. The van der Waals surface area contributed by atoms with Gasteiger partial charge in [0, 0.05) is 6.54 Å². The van der Waals surface area contributed by atoms with Crippen LogP contribution in [-0.4, -0.2) is 75.1 Å². The maximum atomic E-state index is 13.4. The van der Waals surface area contributed by atoms with Crippen molar-refractivity contribution >= 4 is 23.9 Å². The molecule has 5 rings (SSSR count). The van der Waals surface area contributed by atoms with Gasteiger partial charge < -0.3 is 19.9 Å². The van der Waals surface area contributed by atoms with Crippen LogP contribution in [0.25, 0.3) is 5.82 Å². The molecule has 3 N–H and O–H groups in total. The van der Waals surface area contributed by atoms with Gasteiger partial charge in [-0.3, -0.25) is 9.69 Å². The van der Waals surface area contributed by atoms with Gasteiger partial charge in [0.2, 0.25) is 11.6 Å². The molecule has 43 heavy (non-hydrogen) atoms. The van der Waals surface area contributed by atoms with Crippen molar-refractivity contribution in [1.82, 2.24) is 35.6 Å². The Kier molecular flexibility index (Phi) is 9.21. The normalized spacial score (nSPS) is 13.6. The van der Waals surface area contributed by atoms with Gasteiger partial charge in [-0.2, -0.15) is 9.78 Å². The third kappa shape index (κ3) is 6.95. The minimum absolute atomic E-state index is 0.0392. The van der Waals surface area contributed by atoms with E-state index < -0.39 is 11.9 Å². The Hall–Kier alpha value is -5.31. The molecule has 0 atom stereocenters. The number of nitrogens with one attached hydrogen (secondary N) is 1. The Morgan fingerprint density at radius 2 is 1.95 bits per heavy atom. The van der Waals surface area contributed by atoms with Crippen LogP contribution in [0.1, 0.15) is 58.3 Å². The van der Waals surface area contributed by atoms with Crippen molar-refractivity contribution in [2.45, 2.75) is 32.7 Å². The van der Waals surface area contributed by atoms with E-state index in [1.165, 1.54) is 24.4 Å². The second kappa shape index (κ2) is 13.6. The molecule has 0 spiro atoms. The zero-order valence-corrected chi connectivity index (χ0v) is 23.7. The second-order valence-electron chi connectivity index (χ2n) is 9.57. The van der Waals surface area contributed by atoms with Crippen LogP contribution in [0.3, 0.4) is 0 Å². The first kappa shape index (κ1) is 29.2. The lowest BCUT2D eigenvalue weighted by atomic mass is 10.1. The van der Waals surface area contributed by atoms with E-state index in [-0.39, 0.29) is 23.1 Å². The number of esters is 1. The van der Waals surface area contributed by atoms with Crippen molar-refractivity contribution < 1.29 is 28.4 Å². The van der Waals surface area contributed by atoms with Gasteiger partial charge in [0.05, 0.1) is 25.5 Å². The summed E-state index contributed by atoms with van der Waals surface area (Å²) in [5.41, 5.74) is 9.84. The summed E-state index contributed by atoms with van der Waals surface area (Å²) in [6, 6.07) is 11.5. The number of hydrogen-bond donors (Lipinski definition) is 2. The fraction of sp³-hybridized carbons (Fsp3) is 0.321. The lowest BCUT2D eigenvalue weighted by molar-refractivity contribution is 0.0727. The van der Waals surface area contributed by atoms with E-state index in [9.17, 15) is 9.59 Å². The molecule has 0 bridgehead atoms. The first-order valence-corrected chi connectivity index (χ1v) is 13.7. The number of methoxy groups -OCH3 is 1. The molecule has 224 valence electrons. The van der Waals surface area contributed by atoms with Gasteiger partial charge in [0.15, 0.2) is 17.2 Å². The number of carbonyl (C=O) groups is 2. The second-order valence-corrected chi connectivity index (χ2v) is 9.57. The molecule has 1 aliphatic heterocycles. The number of hydrazone groups is 1. The predicted octanol–water partition coefficient (Wildman–Crippen LogP) is 2.61. The zero-order chi connectivity index (χ0) is 30.2. The molecule has 0 unspecified atom stereocenters. The Morgan fingerprint density at radius 3 is 2.70 bits per heavy atom. The van der Waals surface area contributed by atoms with Gasteiger partial charge >= 0.3 is 5.97 Å². The molecule has 2 aromatic heterocycles. The first-order valence-electron chi connectivity index (χ1n) is 13.7. The number of anilines is 1. The third-order valence-corrected chi connectivity index (χ3v) is 6.63. The van der Waals surface area contributed by atoms with Crippen LogP contribution in [0.2, 0.25) is 0 Å². The average Bonchev–Trinajstić information content (AvgIpc) is 3.64. The topological polar surface area (TPSA) is 185 Å². The number of rotatable bonds is 11. The van der Waals surface area contributed by atoms with Crippen molar-refractivity contribution in [1.29, 1.82) is 0 Å². The highest BCUT2D eigenvalue weighted by molar-refractivity contribution is 5.95. The van der Waals surface area contributed by atoms with E-state index >= 15 is 0 Å². The molecule has 0 aliphatic carbocycles. The van der Waals surface area contributed by atoms with Crippen molar-refractivity contribution in [2.24, 2.45) is 5.10 Å². The molecule has 4 aromatic rings. The lowest BCUT2D eigenvalue weighted by Crippen LogP contribution is -2.31. The van der Waals surface area contributed by atoms with E-state index in [0.29, 0.717) is 41.5 Å². The van der Waals surface area contributed by atoms with Crippen molar-refractivity contribution in [3.05, 3.63) is 65.0 Å². The number of aromatic nitrogens is 5. The van der Waals surface area contributed by atoms with Gasteiger partial charge in [-0.15, -0.1) is 5.10 Å².